The van der Waals surface area contributed by atoms with Gasteiger partial charge in [-0.1, -0.05) is 6.07 Å². The van der Waals surface area contributed by atoms with Crippen molar-refractivity contribution in [3.8, 4) is 5.69 Å². The summed E-state index contributed by atoms with van der Waals surface area (Å²) in [7, 11) is 0. The van der Waals surface area contributed by atoms with Gasteiger partial charge < -0.3 is 5.32 Å². The highest BCUT2D eigenvalue weighted by Gasteiger charge is 2.09. The first-order valence-electron chi connectivity index (χ1n) is 5.15. The molecule has 15 heavy (non-hydrogen) atoms. The van der Waals surface area contributed by atoms with Gasteiger partial charge in [0.05, 0.1) is 5.69 Å². The molecule has 0 aliphatic carbocycles. The van der Waals surface area contributed by atoms with Crippen LogP contribution in [0.4, 0.5) is 5.69 Å². The molecular formula is C11H12N4. The fourth-order valence-corrected chi connectivity index (χ4v) is 1.93. The fraction of sp³-hybridized carbons (Fsp3) is 0.273. The van der Waals surface area contributed by atoms with Gasteiger partial charge in [-0.3, -0.25) is 0 Å². The van der Waals surface area contributed by atoms with Crippen molar-refractivity contribution in [2.24, 2.45) is 0 Å². The maximum atomic E-state index is 4.11. The lowest BCUT2D eigenvalue weighted by molar-refractivity contribution is 0.823. The highest BCUT2D eigenvalue weighted by molar-refractivity contribution is 5.58. The normalized spacial score (nSPS) is 14.4. The first-order valence-corrected chi connectivity index (χ1v) is 5.15. The second kappa shape index (κ2) is 3.38. The van der Waals surface area contributed by atoms with Crippen LogP contribution in [0.5, 0.6) is 0 Å². The Morgan fingerprint density at radius 1 is 1.33 bits per heavy atom. The number of aromatic nitrogens is 3. The standard InChI is InChI=1S/C11H12N4/c1-2-9-3-4-10(6-11(9)13-5-1)15-8-12-7-14-15/h3-4,6-8,13H,1-2,5H2. The molecule has 0 radical (unpaired) electrons. The molecule has 4 heteroatoms. The summed E-state index contributed by atoms with van der Waals surface area (Å²) < 4.78 is 1.77. The molecule has 0 unspecified atom stereocenters. The monoisotopic (exact) mass is 200 g/mol. The Hall–Kier alpha value is -1.84. The van der Waals surface area contributed by atoms with Gasteiger partial charge in [-0.25, -0.2) is 9.67 Å². The van der Waals surface area contributed by atoms with Crippen molar-refractivity contribution in [3.63, 3.8) is 0 Å². The number of rotatable bonds is 1. The topological polar surface area (TPSA) is 42.7 Å². The van der Waals surface area contributed by atoms with E-state index in [-0.39, 0.29) is 0 Å². The minimum atomic E-state index is 1.06. The number of nitrogens with zero attached hydrogens (tertiary/aromatic N) is 3. The van der Waals surface area contributed by atoms with E-state index in [0.29, 0.717) is 0 Å². The third-order valence-corrected chi connectivity index (χ3v) is 2.72. The third-order valence-electron chi connectivity index (χ3n) is 2.72. The van der Waals surface area contributed by atoms with Gasteiger partial charge in [0, 0.05) is 12.2 Å². The van der Waals surface area contributed by atoms with E-state index >= 15 is 0 Å². The summed E-state index contributed by atoms with van der Waals surface area (Å²) in [5.41, 5.74) is 3.68. The van der Waals surface area contributed by atoms with Crippen LogP contribution >= 0.6 is 0 Å². The summed E-state index contributed by atoms with van der Waals surface area (Å²) in [5.74, 6) is 0. The fourth-order valence-electron chi connectivity index (χ4n) is 1.93. The molecular weight excluding hydrogens is 188 g/mol. The summed E-state index contributed by atoms with van der Waals surface area (Å²) in [5, 5.41) is 7.52. The molecule has 2 heterocycles. The molecule has 1 aromatic carbocycles. The van der Waals surface area contributed by atoms with Crippen LogP contribution in [0.2, 0.25) is 0 Å². The molecule has 1 N–H and O–H groups in total. The van der Waals surface area contributed by atoms with Crippen LogP contribution in [0.3, 0.4) is 0 Å². The molecule has 76 valence electrons. The van der Waals surface area contributed by atoms with Crippen LogP contribution in [0.15, 0.2) is 30.9 Å². The van der Waals surface area contributed by atoms with E-state index < -0.39 is 0 Å². The zero-order valence-electron chi connectivity index (χ0n) is 8.35. The second-order valence-electron chi connectivity index (χ2n) is 3.71. The van der Waals surface area contributed by atoms with Crippen LogP contribution < -0.4 is 5.32 Å². The van der Waals surface area contributed by atoms with Gasteiger partial charge >= 0.3 is 0 Å². The predicted octanol–water partition coefficient (Wildman–Crippen LogP) is 1.63. The first kappa shape index (κ1) is 8.47. The highest BCUT2D eigenvalue weighted by atomic mass is 15.3. The molecule has 0 saturated carbocycles. The largest absolute Gasteiger partial charge is 0.385 e. The molecule has 0 saturated heterocycles. The number of hydrogen-bond donors (Lipinski definition) is 1. The van der Waals surface area contributed by atoms with Crippen molar-refractivity contribution >= 4 is 5.69 Å². The van der Waals surface area contributed by atoms with Crippen molar-refractivity contribution in [1.82, 2.24) is 14.8 Å². The molecule has 0 atom stereocenters. The van der Waals surface area contributed by atoms with E-state index in [1.165, 1.54) is 24.1 Å². The summed E-state index contributed by atoms with van der Waals surface area (Å²) in [6, 6.07) is 6.38. The van der Waals surface area contributed by atoms with Gasteiger partial charge in [0.25, 0.3) is 0 Å². The van der Waals surface area contributed by atoms with E-state index in [0.717, 1.165) is 12.2 Å². The molecule has 3 rings (SSSR count). The average molecular weight is 200 g/mol. The van der Waals surface area contributed by atoms with Crippen LogP contribution in [0.25, 0.3) is 5.69 Å². The Labute approximate surface area is 88.0 Å². The predicted molar refractivity (Wildman–Crippen MR) is 58.2 cm³/mol. The Balaban J connectivity index is 2.04. The molecule has 2 aromatic rings. The number of benzene rings is 1. The molecule has 4 nitrogen and oxygen atoms in total. The number of anilines is 1. The minimum Gasteiger partial charge on any atom is -0.385 e. The van der Waals surface area contributed by atoms with Gasteiger partial charge in [-0.15, -0.1) is 0 Å². The van der Waals surface area contributed by atoms with Crippen LogP contribution in [-0.4, -0.2) is 21.3 Å². The van der Waals surface area contributed by atoms with Crippen molar-refractivity contribution in [1.29, 1.82) is 0 Å². The van der Waals surface area contributed by atoms with E-state index in [9.17, 15) is 0 Å². The van der Waals surface area contributed by atoms with Crippen molar-refractivity contribution < 1.29 is 0 Å². The van der Waals surface area contributed by atoms with Gasteiger partial charge in [0.1, 0.15) is 12.7 Å². The number of aryl methyl sites for hydroxylation is 1. The van der Waals surface area contributed by atoms with Gasteiger partial charge in [-0.05, 0) is 30.5 Å². The van der Waals surface area contributed by atoms with Gasteiger partial charge in [-0.2, -0.15) is 5.10 Å². The second-order valence-corrected chi connectivity index (χ2v) is 3.71. The number of nitrogens with one attached hydrogen (secondary N) is 1. The van der Waals surface area contributed by atoms with Crippen LogP contribution in [0.1, 0.15) is 12.0 Å². The van der Waals surface area contributed by atoms with E-state index in [4.69, 9.17) is 0 Å². The smallest absolute Gasteiger partial charge is 0.138 e. The van der Waals surface area contributed by atoms with Crippen molar-refractivity contribution in [2.75, 3.05) is 11.9 Å². The summed E-state index contributed by atoms with van der Waals surface area (Å²) >= 11 is 0. The summed E-state index contributed by atoms with van der Waals surface area (Å²) in [4.78, 5) is 3.94. The van der Waals surface area contributed by atoms with E-state index in [1.807, 2.05) is 0 Å². The SMILES string of the molecule is c1ncn(-c2ccc3c(c2)NCCC3)n1. The van der Waals surface area contributed by atoms with E-state index in [1.54, 1.807) is 17.3 Å². The zero-order valence-corrected chi connectivity index (χ0v) is 8.35. The molecule has 0 spiro atoms. The molecule has 1 aliphatic rings. The van der Waals surface area contributed by atoms with Crippen LogP contribution in [0, 0.1) is 0 Å². The molecule has 0 fully saturated rings. The van der Waals surface area contributed by atoms with Crippen LogP contribution in [-0.2, 0) is 6.42 Å². The lowest BCUT2D eigenvalue weighted by Crippen LogP contribution is -2.12. The number of hydrogen-bond acceptors (Lipinski definition) is 3. The van der Waals surface area contributed by atoms with E-state index in [2.05, 4.69) is 33.6 Å². The molecule has 1 aliphatic heterocycles. The minimum absolute atomic E-state index is 1.06. The van der Waals surface area contributed by atoms with Crippen molar-refractivity contribution in [3.05, 3.63) is 36.4 Å². The summed E-state index contributed by atoms with van der Waals surface area (Å²) in [6.07, 6.45) is 5.65. The lowest BCUT2D eigenvalue weighted by Gasteiger charge is -2.18. The maximum Gasteiger partial charge on any atom is 0.138 e. The Morgan fingerprint density at radius 3 is 3.20 bits per heavy atom. The maximum absolute atomic E-state index is 4.11. The Bertz CT molecular complexity index is 461. The summed E-state index contributed by atoms with van der Waals surface area (Å²) in [6.45, 7) is 1.06. The Morgan fingerprint density at radius 2 is 2.33 bits per heavy atom. The quantitative estimate of drug-likeness (QED) is 0.760. The Kier molecular flexibility index (Phi) is 1.91. The average Bonchev–Trinajstić information content (AvgIpc) is 2.82. The molecule has 0 amide bonds. The third kappa shape index (κ3) is 1.48. The van der Waals surface area contributed by atoms with Gasteiger partial charge in [0.2, 0.25) is 0 Å². The van der Waals surface area contributed by atoms with Gasteiger partial charge in [0.15, 0.2) is 0 Å². The van der Waals surface area contributed by atoms with Crippen molar-refractivity contribution in [2.45, 2.75) is 12.8 Å². The molecule has 1 aromatic heterocycles. The first-order chi connectivity index (χ1) is 7.43. The highest BCUT2D eigenvalue weighted by Crippen LogP contribution is 2.24. The lowest BCUT2D eigenvalue weighted by atomic mass is 10.0. The molecule has 0 bridgehead atoms. The zero-order chi connectivity index (χ0) is 10.1. The number of fused-ring (bicyclic) bond motifs is 1.